The fraction of sp³-hybridized carbons (Fsp3) is 0.222. The van der Waals surface area contributed by atoms with E-state index in [0.29, 0.717) is 5.82 Å². The van der Waals surface area contributed by atoms with E-state index < -0.39 is 0 Å². The fourth-order valence-corrected chi connectivity index (χ4v) is 1.08. The summed E-state index contributed by atoms with van der Waals surface area (Å²) in [5.74, 6) is 1.47. The van der Waals surface area contributed by atoms with Gasteiger partial charge in [-0.15, -0.1) is 5.10 Å². The molecule has 0 saturated carbocycles. The number of nitrogens with zero attached hydrogens (tertiary/aromatic N) is 4. The molecule has 2 rings (SSSR count). The summed E-state index contributed by atoms with van der Waals surface area (Å²) in [6.07, 6.45) is 1.87. The highest BCUT2D eigenvalue weighted by Gasteiger charge is 1.98. The molecule has 0 amide bonds. The lowest BCUT2D eigenvalue weighted by atomic mass is 10.4. The van der Waals surface area contributed by atoms with Crippen LogP contribution in [0.4, 0.5) is 11.6 Å². The minimum Gasteiger partial charge on any atom is -0.322 e. The van der Waals surface area contributed by atoms with Crippen LogP contribution in [-0.4, -0.2) is 20.0 Å². The average Bonchev–Trinajstić information content (AvgIpc) is 2.56. The predicted molar refractivity (Wildman–Crippen MR) is 53.3 cm³/mol. The fourth-order valence-electron chi connectivity index (χ4n) is 1.08. The van der Waals surface area contributed by atoms with E-state index >= 15 is 0 Å². The van der Waals surface area contributed by atoms with Gasteiger partial charge in [0.05, 0.1) is 5.69 Å². The molecule has 0 aromatic carbocycles. The monoisotopic (exact) mass is 189 g/mol. The first kappa shape index (κ1) is 8.68. The van der Waals surface area contributed by atoms with Gasteiger partial charge in [-0.3, -0.25) is 4.68 Å². The number of anilines is 2. The van der Waals surface area contributed by atoms with Crippen LogP contribution in [0.3, 0.4) is 0 Å². The Hall–Kier alpha value is -1.91. The summed E-state index contributed by atoms with van der Waals surface area (Å²) in [4.78, 5) is 0. The number of aromatic nitrogens is 4. The average molecular weight is 189 g/mol. The maximum absolute atomic E-state index is 4.17. The maximum atomic E-state index is 4.17. The van der Waals surface area contributed by atoms with Crippen LogP contribution >= 0.6 is 0 Å². The van der Waals surface area contributed by atoms with Crippen LogP contribution < -0.4 is 5.32 Å². The molecule has 0 saturated heterocycles. The van der Waals surface area contributed by atoms with Crippen molar-refractivity contribution in [2.24, 2.45) is 7.05 Å². The molecule has 0 radical (unpaired) electrons. The Bertz CT molecular complexity index is 417. The summed E-state index contributed by atoms with van der Waals surface area (Å²) >= 11 is 0. The van der Waals surface area contributed by atoms with Crippen LogP contribution in [-0.2, 0) is 7.05 Å². The van der Waals surface area contributed by atoms with Crippen molar-refractivity contribution >= 4 is 11.6 Å². The van der Waals surface area contributed by atoms with E-state index in [2.05, 4.69) is 20.6 Å². The van der Waals surface area contributed by atoms with Crippen LogP contribution in [0.2, 0.25) is 0 Å². The summed E-state index contributed by atoms with van der Waals surface area (Å²) in [5, 5.41) is 15.1. The van der Waals surface area contributed by atoms with Crippen molar-refractivity contribution in [3.05, 3.63) is 30.1 Å². The van der Waals surface area contributed by atoms with Crippen molar-refractivity contribution in [2.45, 2.75) is 6.92 Å². The number of rotatable bonds is 2. The van der Waals surface area contributed by atoms with Crippen LogP contribution in [0, 0.1) is 6.92 Å². The Morgan fingerprint density at radius 2 is 2.00 bits per heavy atom. The number of nitrogens with one attached hydrogen (secondary N) is 1. The molecule has 0 aliphatic carbocycles. The molecule has 2 aromatic rings. The molecule has 5 heteroatoms. The number of aryl methyl sites for hydroxylation is 2. The van der Waals surface area contributed by atoms with Gasteiger partial charge in [-0.1, -0.05) is 0 Å². The van der Waals surface area contributed by atoms with Crippen molar-refractivity contribution in [1.82, 2.24) is 20.0 Å². The highest BCUT2D eigenvalue weighted by molar-refractivity contribution is 5.49. The van der Waals surface area contributed by atoms with Crippen LogP contribution in [0.25, 0.3) is 0 Å². The van der Waals surface area contributed by atoms with E-state index in [1.165, 1.54) is 0 Å². The predicted octanol–water partition coefficient (Wildman–Crippen LogP) is 1.26. The first-order valence-electron chi connectivity index (χ1n) is 4.31. The molecule has 14 heavy (non-hydrogen) atoms. The van der Waals surface area contributed by atoms with Crippen molar-refractivity contribution in [3.8, 4) is 0 Å². The maximum Gasteiger partial charge on any atom is 0.154 e. The van der Waals surface area contributed by atoms with Crippen molar-refractivity contribution in [1.29, 1.82) is 0 Å². The third-order valence-electron chi connectivity index (χ3n) is 1.77. The normalized spacial score (nSPS) is 10.1. The van der Waals surface area contributed by atoms with E-state index in [-0.39, 0.29) is 0 Å². The molecule has 0 spiro atoms. The van der Waals surface area contributed by atoms with E-state index in [1.54, 1.807) is 4.68 Å². The zero-order valence-electron chi connectivity index (χ0n) is 8.10. The summed E-state index contributed by atoms with van der Waals surface area (Å²) in [6.45, 7) is 1.90. The number of hydrogen-bond donors (Lipinski definition) is 1. The highest BCUT2D eigenvalue weighted by atomic mass is 15.3. The lowest BCUT2D eigenvalue weighted by molar-refractivity contribution is 0.771. The topological polar surface area (TPSA) is 55.6 Å². The Balaban J connectivity index is 2.15. The third-order valence-corrected chi connectivity index (χ3v) is 1.77. The van der Waals surface area contributed by atoms with Gasteiger partial charge in [0.15, 0.2) is 11.6 Å². The largest absolute Gasteiger partial charge is 0.322 e. The first-order chi connectivity index (χ1) is 6.74. The molecule has 0 atom stereocenters. The first-order valence-corrected chi connectivity index (χ1v) is 4.31. The van der Waals surface area contributed by atoms with E-state index in [0.717, 1.165) is 11.5 Å². The van der Waals surface area contributed by atoms with Crippen molar-refractivity contribution in [2.75, 3.05) is 5.32 Å². The molecular weight excluding hydrogens is 178 g/mol. The molecule has 0 unspecified atom stereocenters. The smallest absolute Gasteiger partial charge is 0.154 e. The van der Waals surface area contributed by atoms with Crippen LogP contribution in [0.1, 0.15) is 5.69 Å². The second-order valence-corrected chi connectivity index (χ2v) is 3.06. The summed E-state index contributed by atoms with van der Waals surface area (Å²) in [7, 11) is 1.87. The molecular formula is C9H11N5. The Morgan fingerprint density at radius 1 is 1.14 bits per heavy atom. The van der Waals surface area contributed by atoms with Gasteiger partial charge in [0.25, 0.3) is 0 Å². The van der Waals surface area contributed by atoms with E-state index in [1.807, 2.05) is 38.4 Å². The van der Waals surface area contributed by atoms with E-state index in [9.17, 15) is 0 Å². The zero-order valence-corrected chi connectivity index (χ0v) is 8.10. The van der Waals surface area contributed by atoms with Crippen molar-refractivity contribution in [3.63, 3.8) is 0 Å². The summed E-state index contributed by atoms with van der Waals surface area (Å²) in [5.41, 5.74) is 0.900. The Kier molecular flexibility index (Phi) is 2.14. The molecule has 5 nitrogen and oxygen atoms in total. The Morgan fingerprint density at radius 3 is 2.57 bits per heavy atom. The van der Waals surface area contributed by atoms with Gasteiger partial charge in [0.1, 0.15) is 0 Å². The van der Waals surface area contributed by atoms with Gasteiger partial charge in [0.2, 0.25) is 0 Å². The molecule has 2 heterocycles. The molecule has 72 valence electrons. The van der Waals surface area contributed by atoms with Gasteiger partial charge in [0, 0.05) is 19.3 Å². The molecule has 0 fully saturated rings. The standard InChI is InChI=1S/C9H11N5/c1-7-3-4-8(12-11-7)10-9-5-6-14(2)13-9/h3-6H,1-2H3,(H,10,12,13). The quantitative estimate of drug-likeness (QED) is 0.772. The Labute approximate surface area is 81.8 Å². The van der Waals surface area contributed by atoms with Crippen LogP contribution in [0.5, 0.6) is 0 Å². The molecule has 0 aliphatic heterocycles. The molecule has 0 aliphatic rings. The second-order valence-electron chi connectivity index (χ2n) is 3.06. The van der Waals surface area contributed by atoms with E-state index in [4.69, 9.17) is 0 Å². The zero-order chi connectivity index (χ0) is 9.97. The van der Waals surface area contributed by atoms with Gasteiger partial charge in [-0.25, -0.2) is 0 Å². The second kappa shape index (κ2) is 3.45. The third kappa shape index (κ3) is 1.87. The van der Waals surface area contributed by atoms with Gasteiger partial charge in [-0.2, -0.15) is 10.2 Å². The van der Waals surface area contributed by atoms with Gasteiger partial charge < -0.3 is 5.32 Å². The summed E-state index contributed by atoms with van der Waals surface area (Å²) in [6, 6.07) is 5.65. The van der Waals surface area contributed by atoms with Gasteiger partial charge in [-0.05, 0) is 19.1 Å². The lowest BCUT2D eigenvalue weighted by Crippen LogP contribution is -1.97. The number of hydrogen-bond acceptors (Lipinski definition) is 4. The molecule has 1 N–H and O–H groups in total. The van der Waals surface area contributed by atoms with Gasteiger partial charge >= 0.3 is 0 Å². The van der Waals surface area contributed by atoms with Crippen LogP contribution in [0.15, 0.2) is 24.4 Å². The highest BCUT2D eigenvalue weighted by Crippen LogP contribution is 2.09. The minimum atomic E-state index is 0.703. The SMILES string of the molecule is Cc1ccc(Nc2ccn(C)n2)nn1. The molecule has 0 bridgehead atoms. The molecule has 2 aromatic heterocycles. The summed E-state index contributed by atoms with van der Waals surface area (Å²) < 4.78 is 1.73. The van der Waals surface area contributed by atoms with Crippen molar-refractivity contribution < 1.29 is 0 Å². The minimum absolute atomic E-state index is 0.703. The lowest BCUT2D eigenvalue weighted by Gasteiger charge is -1.99.